The summed E-state index contributed by atoms with van der Waals surface area (Å²) in [5, 5.41) is 9.42. The van der Waals surface area contributed by atoms with Crippen molar-refractivity contribution in [2.45, 2.75) is 19.4 Å². The topological polar surface area (TPSA) is 55.5 Å². The lowest BCUT2D eigenvalue weighted by Gasteiger charge is -2.13. The summed E-state index contributed by atoms with van der Waals surface area (Å²) in [6, 6.07) is 5.04. The zero-order valence-electron chi connectivity index (χ0n) is 9.16. The molecule has 0 fully saturated rings. The summed E-state index contributed by atoms with van der Waals surface area (Å²) in [6.07, 6.45) is 0.730. The van der Waals surface area contributed by atoms with E-state index in [-0.39, 0.29) is 11.8 Å². The van der Waals surface area contributed by atoms with E-state index in [2.05, 4.69) is 6.58 Å². The molecule has 0 heterocycles. The molecule has 0 unspecified atom stereocenters. The predicted molar refractivity (Wildman–Crippen MR) is 61.0 cm³/mol. The second-order valence-electron chi connectivity index (χ2n) is 3.70. The number of hydrogen-bond acceptors (Lipinski definition) is 3. The van der Waals surface area contributed by atoms with E-state index in [4.69, 9.17) is 10.5 Å². The Kier molecular flexibility index (Phi) is 3.74. The number of hydrogen-bond donors (Lipinski definition) is 2. The van der Waals surface area contributed by atoms with Gasteiger partial charge in [-0.1, -0.05) is 11.6 Å². The molecule has 0 radical (unpaired) electrons. The third kappa shape index (κ3) is 2.99. The molecule has 0 bridgehead atoms. The summed E-state index contributed by atoms with van der Waals surface area (Å²) in [5.74, 6) is 0.577. The molecule has 1 rings (SSSR count). The van der Waals surface area contributed by atoms with Crippen LogP contribution in [0.25, 0.3) is 0 Å². The van der Waals surface area contributed by atoms with Crippen molar-refractivity contribution in [1.82, 2.24) is 0 Å². The molecule has 1 aromatic rings. The standard InChI is InChI=1S/C12H17NO2/c1-8(2)6-10(13)9-4-5-11(14)12(7-9)15-3/h4-5,7,10,14H,1,6,13H2,2-3H3/t10-/m1/s1. The fourth-order valence-electron chi connectivity index (χ4n) is 1.42. The molecule has 15 heavy (non-hydrogen) atoms. The Morgan fingerprint density at radius 3 is 2.80 bits per heavy atom. The van der Waals surface area contributed by atoms with Crippen molar-refractivity contribution in [3.8, 4) is 11.5 Å². The second-order valence-corrected chi connectivity index (χ2v) is 3.70. The smallest absolute Gasteiger partial charge is 0.160 e. The number of ether oxygens (including phenoxy) is 1. The highest BCUT2D eigenvalue weighted by Crippen LogP contribution is 2.29. The molecule has 0 amide bonds. The van der Waals surface area contributed by atoms with Crippen molar-refractivity contribution in [2.75, 3.05) is 7.11 Å². The van der Waals surface area contributed by atoms with Crippen LogP contribution < -0.4 is 10.5 Å². The van der Waals surface area contributed by atoms with Gasteiger partial charge < -0.3 is 15.6 Å². The van der Waals surface area contributed by atoms with E-state index >= 15 is 0 Å². The largest absolute Gasteiger partial charge is 0.504 e. The Morgan fingerprint density at radius 2 is 2.27 bits per heavy atom. The number of aromatic hydroxyl groups is 1. The quantitative estimate of drug-likeness (QED) is 0.745. The van der Waals surface area contributed by atoms with Crippen molar-refractivity contribution in [3.05, 3.63) is 35.9 Å². The van der Waals surface area contributed by atoms with Gasteiger partial charge in [0.15, 0.2) is 11.5 Å². The highest BCUT2D eigenvalue weighted by atomic mass is 16.5. The van der Waals surface area contributed by atoms with E-state index in [0.29, 0.717) is 5.75 Å². The summed E-state index contributed by atoms with van der Waals surface area (Å²) in [5.41, 5.74) is 7.95. The van der Waals surface area contributed by atoms with Crippen LogP contribution in [0.2, 0.25) is 0 Å². The van der Waals surface area contributed by atoms with E-state index in [9.17, 15) is 5.11 Å². The van der Waals surface area contributed by atoms with Gasteiger partial charge in [0.2, 0.25) is 0 Å². The highest BCUT2D eigenvalue weighted by molar-refractivity contribution is 5.42. The van der Waals surface area contributed by atoms with Gasteiger partial charge in [-0.05, 0) is 31.0 Å². The summed E-state index contributed by atoms with van der Waals surface area (Å²) < 4.78 is 5.01. The first kappa shape index (κ1) is 11.6. The van der Waals surface area contributed by atoms with Crippen LogP contribution in [0.1, 0.15) is 24.9 Å². The Hall–Kier alpha value is -1.48. The normalized spacial score (nSPS) is 12.2. The first-order chi connectivity index (χ1) is 7.04. The molecule has 0 aromatic heterocycles. The SMILES string of the molecule is C=C(C)C[C@@H](N)c1ccc(O)c(OC)c1. The lowest BCUT2D eigenvalue weighted by Crippen LogP contribution is -2.10. The zero-order valence-corrected chi connectivity index (χ0v) is 9.16. The van der Waals surface area contributed by atoms with Crippen LogP contribution in [0.15, 0.2) is 30.4 Å². The number of rotatable bonds is 4. The molecule has 0 saturated heterocycles. The first-order valence-corrected chi connectivity index (χ1v) is 4.81. The molecule has 0 saturated carbocycles. The molecule has 0 aliphatic heterocycles. The third-order valence-electron chi connectivity index (χ3n) is 2.20. The van der Waals surface area contributed by atoms with Gasteiger partial charge in [0, 0.05) is 6.04 Å². The number of benzene rings is 1. The van der Waals surface area contributed by atoms with Gasteiger partial charge in [-0.2, -0.15) is 0 Å². The Morgan fingerprint density at radius 1 is 1.60 bits per heavy atom. The highest BCUT2D eigenvalue weighted by Gasteiger charge is 2.09. The monoisotopic (exact) mass is 207 g/mol. The molecule has 82 valence electrons. The van der Waals surface area contributed by atoms with Crippen molar-refractivity contribution in [3.63, 3.8) is 0 Å². The van der Waals surface area contributed by atoms with Crippen LogP contribution in [0.4, 0.5) is 0 Å². The number of phenolic OH excluding ortho intramolecular Hbond substituents is 1. The van der Waals surface area contributed by atoms with Crippen molar-refractivity contribution in [2.24, 2.45) is 5.73 Å². The van der Waals surface area contributed by atoms with Crippen LogP contribution in [0.5, 0.6) is 11.5 Å². The lowest BCUT2D eigenvalue weighted by atomic mass is 10.0. The minimum absolute atomic E-state index is 0.100. The van der Waals surface area contributed by atoms with Crippen LogP contribution in [-0.4, -0.2) is 12.2 Å². The predicted octanol–water partition coefficient (Wildman–Crippen LogP) is 2.37. The zero-order chi connectivity index (χ0) is 11.4. The number of methoxy groups -OCH3 is 1. The molecule has 3 heteroatoms. The maximum Gasteiger partial charge on any atom is 0.160 e. The fraction of sp³-hybridized carbons (Fsp3) is 0.333. The minimum atomic E-state index is -0.100. The average molecular weight is 207 g/mol. The maximum atomic E-state index is 9.42. The maximum absolute atomic E-state index is 9.42. The molecular formula is C12H17NO2. The first-order valence-electron chi connectivity index (χ1n) is 4.81. The van der Waals surface area contributed by atoms with Crippen molar-refractivity contribution >= 4 is 0 Å². The van der Waals surface area contributed by atoms with Gasteiger partial charge in [-0.15, -0.1) is 6.58 Å². The molecule has 3 nitrogen and oxygen atoms in total. The van der Waals surface area contributed by atoms with E-state index in [1.807, 2.05) is 6.92 Å². The van der Waals surface area contributed by atoms with E-state index in [1.54, 1.807) is 18.2 Å². The summed E-state index contributed by atoms with van der Waals surface area (Å²) in [6.45, 7) is 5.76. The van der Waals surface area contributed by atoms with Gasteiger partial charge in [-0.3, -0.25) is 0 Å². The molecule has 1 atom stereocenters. The van der Waals surface area contributed by atoms with Gasteiger partial charge in [-0.25, -0.2) is 0 Å². The van der Waals surface area contributed by atoms with Gasteiger partial charge >= 0.3 is 0 Å². The second kappa shape index (κ2) is 4.84. The van der Waals surface area contributed by atoms with Crippen LogP contribution in [0, 0.1) is 0 Å². The summed E-state index contributed by atoms with van der Waals surface area (Å²) in [7, 11) is 1.52. The number of nitrogens with two attached hydrogens (primary N) is 1. The Balaban J connectivity index is 2.90. The van der Waals surface area contributed by atoms with E-state index in [1.165, 1.54) is 7.11 Å². The molecular weight excluding hydrogens is 190 g/mol. The molecule has 0 aliphatic rings. The molecule has 1 aromatic carbocycles. The lowest BCUT2D eigenvalue weighted by molar-refractivity contribution is 0.372. The van der Waals surface area contributed by atoms with E-state index < -0.39 is 0 Å². The molecule has 0 spiro atoms. The molecule has 0 aliphatic carbocycles. The molecule has 3 N–H and O–H groups in total. The van der Waals surface area contributed by atoms with Crippen molar-refractivity contribution in [1.29, 1.82) is 0 Å². The fourth-order valence-corrected chi connectivity index (χ4v) is 1.42. The van der Waals surface area contributed by atoms with Crippen LogP contribution in [0.3, 0.4) is 0 Å². The van der Waals surface area contributed by atoms with Crippen LogP contribution >= 0.6 is 0 Å². The van der Waals surface area contributed by atoms with E-state index in [0.717, 1.165) is 17.6 Å². The number of phenols is 1. The van der Waals surface area contributed by atoms with Gasteiger partial charge in [0.1, 0.15) is 0 Å². The van der Waals surface area contributed by atoms with Crippen LogP contribution in [-0.2, 0) is 0 Å². The average Bonchev–Trinajstić information content (AvgIpc) is 2.17. The van der Waals surface area contributed by atoms with Gasteiger partial charge in [0.05, 0.1) is 7.11 Å². The van der Waals surface area contributed by atoms with Crippen molar-refractivity contribution < 1.29 is 9.84 Å². The Bertz CT molecular complexity index is 361. The summed E-state index contributed by atoms with van der Waals surface area (Å²) in [4.78, 5) is 0. The third-order valence-corrected chi connectivity index (χ3v) is 2.20. The Labute approximate surface area is 90.2 Å². The van der Waals surface area contributed by atoms with Gasteiger partial charge in [0.25, 0.3) is 0 Å². The minimum Gasteiger partial charge on any atom is -0.504 e. The summed E-state index contributed by atoms with van der Waals surface area (Å²) >= 11 is 0.